The van der Waals surface area contributed by atoms with E-state index < -0.39 is 0 Å². The third kappa shape index (κ3) is 3.80. The van der Waals surface area contributed by atoms with E-state index in [1.54, 1.807) is 12.3 Å². The van der Waals surface area contributed by atoms with Crippen LogP contribution < -0.4 is 4.90 Å². The van der Waals surface area contributed by atoms with E-state index >= 15 is 0 Å². The monoisotopic (exact) mass is 382 g/mol. The molecule has 5 nitrogen and oxygen atoms in total. The van der Waals surface area contributed by atoms with Gasteiger partial charge in [0, 0.05) is 45.0 Å². The lowest BCUT2D eigenvalue weighted by molar-refractivity contribution is 0.256. The van der Waals surface area contributed by atoms with E-state index in [1.807, 2.05) is 0 Å². The summed E-state index contributed by atoms with van der Waals surface area (Å²) in [5.41, 5.74) is 4.21. The predicted octanol–water partition coefficient (Wildman–Crippen LogP) is 4.12. The van der Waals surface area contributed by atoms with Crippen LogP contribution in [0.5, 0.6) is 0 Å². The van der Waals surface area contributed by atoms with Crippen LogP contribution in [0.3, 0.4) is 0 Å². The van der Waals surface area contributed by atoms with Gasteiger partial charge in [-0.05, 0) is 36.3 Å². The maximum Gasteiger partial charge on any atom is 0.300 e. The SMILES string of the molecule is Clc1cnc2nc(N3CCN(CCc4ccc(C5CC5)cc4)CC3)oc2c1. The van der Waals surface area contributed by atoms with Gasteiger partial charge in [-0.15, -0.1) is 0 Å². The fourth-order valence-corrected chi connectivity index (χ4v) is 3.89. The van der Waals surface area contributed by atoms with Gasteiger partial charge in [-0.2, -0.15) is 4.98 Å². The third-order valence-electron chi connectivity index (χ3n) is 5.59. The lowest BCUT2D eigenvalue weighted by atomic mass is 10.1. The quantitative estimate of drug-likeness (QED) is 0.664. The first kappa shape index (κ1) is 17.0. The normalized spacial score (nSPS) is 18.3. The Morgan fingerprint density at radius 3 is 2.59 bits per heavy atom. The van der Waals surface area contributed by atoms with Crippen molar-refractivity contribution in [2.75, 3.05) is 37.6 Å². The van der Waals surface area contributed by atoms with Crippen LogP contribution in [0.25, 0.3) is 11.2 Å². The van der Waals surface area contributed by atoms with Gasteiger partial charge in [-0.3, -0.25) is 4.90 Å². The van der Waals surface area contributed by atoms with Gasteiger partial charge in [-0.25, -0.2) is 4.98 Å². The van der Waals surface area contributed by atoms with Gasteiger partial charge in [0.15, 0.2) is 5.58 Å². The highest BCUT2D eigenvalue weighted by Crippen LogP contribution is 2.39. The first-order valence-electron chi connectivity index (χ1n) is 9.73. The summed E-state index contributed by atoms with van der Waals surface area (Å²) in [6.07, 6.45) is 5.45. The number of hydrogen-bond acceptors (Lipinski definition) is 5. The molecule has 0 atom stereocenters. The van der Waals surface area contributed by atoms with E-state index in [0.29, 0.717) is 22.3 Å². The largest absolute Gasteiger partial charge is 0.422 e. The van der Waals surface area contributed by atoms with Crippen LogP contribution in [-0.2, 0) is 6.42 Å². The van der Waals surface area contributed by atoms with Gasteiger partial charge < -0.3 is 9.32 Å². The molecule has 5 rings (SSSR count). The summed E-state index contributed by atoms with van der Waals surface area (Å²) >= 11 is 5.97. The smallest absolute Gasteiger partial charge is 0.300 e. The second-order valence-corrected chi connectivity index (χ2v) is 8.00. The molecule has 1 aliphatic carbocycles. The number of anilines is 1. The highest BCUT2D eigenvalue weighted by Gasteiger charge is 2.23. The summed E-state index contributed by atoms with van der Waals surface area (Å²) in [5.74, 6) is 0.838. The fourth-order valence-electron chi connectivity index (χ4n) is 3.74. The topological polar surface area (TPSA) is 45.4 Å². The van der Waals surface area contributed by atoms with E-state index in [2.05, 4.69) is 44.0 Å². The van der Waals surface area contributed by atoms with E-state index in [1.165, 1.54) is 24.0 Å². The summed E-state index contributed by atoms with van der Waals surface area (Å²) in [5, 5.41) is 0.570. The molecule has 0 amide bonds. The number of nitrogens with zero attached hydrogens (tertiary/aromatic N) is 4. The molecule has 3 heterocycles. The van der Waals surface area contributed by atoms with Crippen LogP contribution in [0, 0.1) is 0 Å². The van der Waals surface area contributed by atoms with Crippen molar-refractivity contribution in [1.82, 2.24) is 14.9 Å². The van der Waals surface area contributed by atoms with Crippen molar-refractivity contribution in [1.29, 1.82) is 0 Å². The molecular formula is C21H23ClN4O. The Balaban J connectivity index is 1.15. The lowest BCUT2D eigenvalue weighted by Gasteiger charge is -2.33. The van der Waals surface area contributed by atoms with E-state index in [4.69, 9.17) is 16.0 Å². The van der Waals surface area contributed by atoms with E-state index in [9.17, 15) is 0 Å². The molecule has 0 N–H and O–H groups in total. The minimum Gasteiger partial charge on any atom is -0.422 e. The van der Waals surface area contributed by atoms with Gasteiger partial charge in [0.05, 0.1) is 5.02 Å². The molecule has 0 spiro atoms. The molecule has 3 aromatic rings. The zero-order valence-corrected chi connectivity index (χ0v) is 16.0. The summed E-state index contributed by atoms with van der Waals surface area (Å²) in [6.45, 7) is 4.98. The molecule has 1 aliphatic heterocycles. The number of oxazole rings is 1. The van der Waals surface area contributed by atoms with Crippen molar-refractivity contribution in [2.45, 2.75) is 25.2 Å². The number of rotatable bonds is 5. The standard InChI is InChI=1S/C21H23ClN4O/c22-18-13-19-20(23-14-18)24-21(27-19)26-11-9-25(10-12-26)8-7-15-1-3-16(4-2-15)17-5-6-17/h1-4,13-14,17H,5-12H2. The van der Waals surface area contributed by atoms with Gasteiger partial charge >= 0.3 is 0 Å². The number of fused-ring (bicyclic) bond motifs is 1. The Morgan fingerprint density at radius 1 is 1.07 bits per heavy atom. The Kier molecular flexibility index (Phi) is 4.50. The van der Waals surface area contributed by atoms with Crippen molar-refractivity contribution in [2.24, 2.45) is 0 Å². The molecule has 1 aromatic carbocycles. The molecule has 2 aliphatic rings. The van der Waals surface area contributed by atoms with Crippen LogP contribution in [0.4, 0.5) is 6.01 Å². The predicted molar refractivity (Wildman–Crippen MR) is 108 cm³/mol. The van der Waals surface area contributed by atoms with Crippen LogP contribution in [0.1, 0.15) is 29.9 Å². The first-order chi connectivity index (χ1) is 13.2. The van der Waals surface area contributed by atoms with Crippen molar-refractivity contribution >= 4 is 28.8 Å². The second-order valence-electron chi connectivity index (χ2n) is 7.57. The second kappa shape index (κ2) is 7.13. The number of halogens is 1. The number of benzene rings is 1. The average Bonchev–Trinajstić information content (AvgIpc) is 3.46. The molecule has 2 fully saturated rings. The van der Waals surface area contributed by atoms with Crippen LogP contribution >= 0.6 is 11.6 Å². The van der Waals surface area contributed by atoms with Crippen LogP contribution in [0.2, 0.25) is 5.02 Å². The summed E-state index contributed by atoms with van der Waals surface area (Å²) in [6, 6.07) is 11.7. The Labute approximate surface area is 163 Å². The molecule has 1 saturated carbocycles. The molecule has 140 valence electrons. The third-order valence-corrected chi connectivity index (χ3v) is 5.80. The van der Waals surface area contributed by atoms with Gasteiger partial charge in [0.2, 0.25) is 5.65 Å². The number of hydrogen-bond donors (Lipinski definition) is 0. The van der Waals surface area contributed by atoms with E-state index in [0.717, 1.165) is 45.1 Å². The number of piperazine rings is 1. The van der Waals surface area contributed by atoms with Crippen LogP contribution in [0.15, 0.2) is 40.9 Å². The van der Waals surface area contributed by atoms with Crippen molar-refractivity contribution in [3.63, 3.8) is 0 Å². The highest BCUT2D eigenvalue weighted by atomic mass is 35.5. The molecule has 0 radical (unpaired) electrons. The number of aromatic nitrogens is 2. The molecule has 0 bridgehead atoms. The average molecular weight is 383 g/mol. The fraction of sp³-hybridized carbons (Fsp3) is 0.429. The molecule has 0 unspecified atom stereocenters. The lowest BCUT2D eigenvalue weighted by Crippen LogP contribution is -2.47. The van der Waals surface area contributed by atoms with Gasteiger partial charge in [0.25, 0.3) is 6.01 Å². The highest BCUT2D eigenvalue weighted by molar-refractivity contribution is 6.30. The summed E-state index contributed by atoms with van der Waals surface area (Å²) in [7, 11) is 0. The van der Waals surface area contributed by atoms with E-state index in [-0.39, 0.29) is 0 Å². The van der Waals surface area contributed by atoms with Crippen molar-refractivity contribution < 1.29 is 4.42 Å². The summed E-state index contributed by atoms with van der Waals surface area (Å²) < 4.78 is 5.84. The molecular weight excluding hydrogens is 360 g/mol. The number of pyridine rings is 1. The maximum absolute atomic E-state index is 5.97. The summed E-state index contributed by atoms with van der Waals surface area (Å²) in [4.78, 5) is 13.4. The maximum atomic E-state index is 5.97. The minimum atomic E-state index is 0.570. The van der Waals surface area contributed by atoms with Crippen molar-refractivity contribution in [3.05, 3.63) is 52.7 Å². The molecule has 6 heteroatoms. The van der Waals surface area contributed by atoms with Gasteiger partial charge in [0.1, 0.15) is 0 Å². The molecule has 1 saturated heterocycles. The molecule has 2 aromatic heterocycles. The van der Waals surface area contributed by atoms with Crippen molar-refractivity contribution in [3.8, 4) is 0 Å². The minimum absolute atomic E-state index is 0.570. The Hall–Kier alpha value is -2.11. The van der Waals surface area contributed by atoms with Crippen LogP contribution in [-0.4, -0.2) is 47.6 Å². The first-order valence-corrected chi connectivity index (χ1v) is 10.1. The zero-order chi connectivity index (χ0) is 18.2. The molecule has 27 heavy (non-hydrogen) atoms. The Bertz CT molecular complexity index is 927. The zero-order valence-electron chi connectivity index (χ0n) is 15.3. The van der Waals surface area contributed by atoms with Gasteiger partial charge in [-0.1, -0.05) is 35.9 Å². The Morgan fingerprint density at radius 2 is 1.85 bits per heavy atom.